The Bertz CT molecular complexity index is 621. The van der Waals surface area contributed by atoms with Crippen LogP contribution >= 0.6 is 11.3 Å². The second-order valence-corrected chi connectivity index (χ2v) is 6.15. The van der Waals surface area contributed by atoms with E-state index in [4.69, 9.17) is 5.73 Å². The molecule has 0 aliphatic heterocycles. The Balaban J connectivity index is 2.72. The fourth-order valence-electron chi connectivity index (χ4n) is 1.97. The number of nitriles is 1. The van der Waals surface area contributed by atoms with Gasteiger partial charge in [0, 0.05) is 22.8 Å². The first kappa shape index (κ1) is 13.6. The Morgan fingerprint density at radius 3 is 2.53 bits per heavy atom. The second-order valence-electron chi connectivity index (χ2n) is 5.13. The minimum atomic E-state index is 0.00644. The number of anilines is 1. The van der Waals surface area contributed by atoms with Crippen molar-refractivity contribution in [3.63, 3.8) is 0 Å². The number of nitrogens with two attached hydrogens (primary N) is 1. The van der Waals surface area contributed by atoms with Crippen molar-refractivity contribution in [2.75, 3.05) is 5.73 Å². The fraction of sp³-hybridized carbons (Fsp3) is 0.333. The molecule has 0 amide bonds. The fourth-order valence-corrected chi connectivity index (χ4v) is 3.18. The standard InChI is InChI=1S/C15H17N3S/c1-4-15(2,3)14-12(10-5-7-18-8-6-10)13(17)11(9-16)19-14/h5-8H,4,17H2,1-3H3. The Morgan fingerprint density at radius 2 is 2.00 bits per heavy atom. The van der Waals surface area contributed by atoms with E-state index in [-0.39, 0.29) is 5.41 Å². The molecule has 0 aliphatic carbocycles. The molecular formula is C15H17N3S. The maximum Gasteiger partial charge on any atom is 0.128 e. The largest absolute Gasteiger partial charge is 0.396 e. The number of thiophene rings is 1. The van der Waals surface area contributed by atoms with Crippen molar-refractivity contribution in [3.05, 3.63) is 34.3 Å². The molecular weight excluding hydrogens is 254 g/mol. The highest BCUT2D eigenvalue weighted by molar-refractivity contribution is 7.14. The van der Waals surface area contributed by atoms with Crippen molar-refractivity contribution in [2.45, 2.75) is 32.6 Å². The molecule has 2 aromatic heterocycles. The van der Waals surface area contributed by atoms with E-state index in [9.17, 15) is 5.26 Å². The molecule has 19 heavy (non-hydrogen) atoms. The quantitative estimate of drug-likeness (QED) is 0.919. The third kappa shape index (κ3) is 2.34. The predicted molar refractivity (Wildman–Crippen MR) is 80.0 cm³/mol. The van der Waals surface area contributed by atoms with E-state index in [0.29, 0.717) is 10.6 Å². The molecule has 2 N–H and O–H groups in total. The van der Waals surface area contributed by atoms with Crippen LogP contribution in [-0.2, 0) is 5.41 Å². The molecule has 0 bridgehead atoms. The number of nitrogens with zero attached hydrogens (tertiary/aromatic N) is 2. The molecule has 2 rings (SSSR count). The Labute approximate surface area is 117 Å². The van der Waals surface area contributed by atoms with Gasteiger partial charge in [-0.25, -0.2) is 0 Å². The van der Waals surface area contributed by atoms with Gasteiger partial charge in [0.2, 0.25) is 0 Å². The number of hydrogen-bond acceptors (Lipinski definition) is 4. The predicted octanol–water partition coefficient (Wildman–Crippen LogP) is 3.95. The molecule has 4 heteroatoms. The van der Waals surface area contributed by atoms with Crippen molar-refractivity contribution in [1.29, 1.82) is 5.26 Å². The molecule has 0 unspecified atom stereocenters. The van der Waals surface area contributed by atoms with Crippen LogP contribution in [0.3, 0.4) is 0 Å². The lowest BCUT2D eigenvalue weighted by atomic mass is 9.84. The topological polar surface area (TPSA) is 62.7 Å². The van der Waals surface area contributed by atoms with E-state index in [1.807, 2.05) is 12.1 Å². The SMILES string of the molecule is CCC(C)(C)c1sc(C#N)c(N)c1-c1ccncc1. The van der Waals surface area contributed by atoms with Gasteiger partial charge in [-0.05, 0) is 29.5 Å². The maximum atomic E-state index is 9.21. The van der Waals surface area contributed by atoms with Crippen molar-refractivity contribution in [1.82, 2.24) is 4.98 Å². The molecule has 0 aromatic carbocycles. The Kier molecular flexibility index (Phi) is 3.59. The van der Waals surface area contributed by atoms with Crippen molar-refractivity contribution >= 4 is 17.0 Å². The minimum Gasteiger partial charge on any atom is -0.396 e. The third-order valence-corrected chi connectivity index (χ3v) is 4.99. The second kappa shape index (κ2) is 5.02. The molecule has 3 nitrogen and oxygen atoms in total. The van der Waals surface area contributed by atoms with Crippen LogP contribution in [0.2, 0.25) is 0 Å². The number of hydrogen-bond donors (Lipinski definition) is 1. The zero-order valence-corrected chi connectivity index (χ0v) is 12.2. The smallest absolute Gasteiger partial charge is 0.128 e. The average molecular weight is 271 g/mol. The first-order valence-corrected chi connectivity index (χ1v) is 7.06. The molecule has 2 aromatic rings. The van der Waals surface area contributed by atoms with E-state index in [1.54, 1.807) is 12.4 Å². The third-order valence-electron chi connectivity index (χ3n) is 3.51. The number of rotatable bonds is 3. The van der Waals surface area contributed by atoms with Gasteiger partial charge in [-0.15, -0.1) is 11.3 Å². The van der Waals surface area contributed by atoms with Crippen molar-refractivity contribution in [2.24, 2.45) is 0 Å². The minimum absolute atomic E-state index is 0.00644. The van der Waals surface area contributed by atoms with Gasteiger partial charge in [-0.2, -0.15) is 5.26 Å². The van der Waals surface area contributed by atoms with Gasteiger partial charge >= 0.3 is 0 Å². The molecule has 0 atom stereocenters. The van der Waals surface area contributed by atoms with E-state index in [1.165, 1.54) is 16.2 Å². The zero-order chi connectivity index (χ0) is 14.0. The van der Waals surface area contributed by atoms with E-state index in [2.05, 4.69) is 31.8 Å². The van der Waals surface area contributed by atoms with Crippen LogP contribution in [0, 0.1) is 11.3 Å². The Morgan fingerprint density at radius 1 is 1.37 bits per heavy atom. The first-order valence-electron chi connectivity index (χ1n) is 6.24. The highest BCUT2D eigenvalue weighted by Gasteiger charge is 2.28. The average Bonchev–Trinajstić information content (AvgIpc) is 2.77. The molecule has 0 saturated heterocycles. The lowest BCUT2D eigenvalue weighted by Gasteiger charge is -2.23. The van der Waals surface area contributed by atoms with Gasteiger partial charge in [0.15, 0.2) is 0 Å². The van der Waals surface area contributed by atoms with Crippen molar-refractivity contribution in [3.8, 4) is 17.2 Å². The molecule has 0 saturated carbocycles. The van der Waals surface area contributed by atoms with Crippen molar-refractivity contribution < 1.29 is 0 Å². The summed E-state index contributed by atoms with van der Waals surface area (Å²) >= 11 is 1.51. The maximum absolute atomic E-state index is 9.21. The normalized spacial score (nSPS) is 11.3. The Hall–Kier alpha value is -1.86. The van der Waals surface area contributed by atoms with Crippen LogP contribution in [0.1, 0.15) is 36.9 Å². The van der Waals surface area contributed by atoms with Crippen LogP contribution in [0.4, 0.5) is 5.69 Å². The summed E-state index contributed by atoms with van der Waals surface area (Å²) in [6, 6.07) is 6.08. The highest BCUT2D eigenvalue weighted by Crippen LogP contribution is 2.45. The summed E-state index contributed by atoms with van der Waals surface area (Å²) in [5, 5.41) is 9.21. The van der Waals surface area contributed by atoms with Gasteiger partial charge in [-0.1, -0.05) is 20.8 Å². The lowest BCUT2D eigenvalue weighted by Crippen LogP contribution is -2.14. The highest BCUT2D eigenvalue weighted by atomic mass is 32.1. The summed E-state index contributed by atoms with van der Waals surface area (Å²) in [6.07, 6.45) is 4.50. The number of pyridine rings is 1. The van der Waals surface area contributed by atoms with Crippen LogP contribution in [-0.4, -0.2) is 4.98 Å². The van der Waals surface area contributed by atoms with E-state index >= 15 is 0 Å². The molecule has 98 valence electrons. The first-order chi connectivity index (χ1) is 9.01. The van der Waals surface area contributed by atoms with Crippen LogP contribution in [0.25, 0.3) is 11.1 Å². The van der Waals surface area contributed by atoms with E-state index in [0.717, 1.165) is 17.5 Å². The van der Waals surface area contributed by atoms with E-state index < -0.39 is 0 Å². The summed E-state index contributed by atoms with van der Waals surface area (Å²) in [4.78, 5) is 5.81. The molecule has 2 heterocycles. The van der Waals surface area contributed by atoms with Gasteiger partial charge in [0.25, 0.3) is 0 Å². The van der Waals surface area contributed by atoms with Crippen LogP contribution in [0.5, 0.6) is 0 Å². The number of aromatic nitrogens is 1. The summed E-state index contributed by atoms with van der Waals surface area (Å²) in [7, 11) is 0. The summed E-state index contributed by atoms with van der Waals surface area (Å²) < 4.78 is 0. The van der Waals surface area contributed by atoms with Crippen LogP contribution < -0.4 is 5.73 Å². The van der Waals surface area contributed by atoms with Gasteiger partial charge in [0.1, 0.15) is 10.9 Å². The van der Waals surface area contributed by atoms with Gasteiger partial charge < -0.3 is 5.73 Å². The summed E-state index contributed by atoms with van der Waals surface area (Å²) in [5.41, 5.74) is 8.79. The molecule has 0 radical (unpaired) electrons. The van der Waals surface area contributed by atoms with Gasteiger partial charge in [-0.3, -0.25) is 4.98 Å². The monoisotopic (exact) mass is 271 g/mol. The number of nitrogen functional groups attached to an aromatic ring is 1. The molecule has 0 aliphatic rings. The summed E-state index contributed by atoms with van der Waals surface area (Å²) in [6.45, 7) is 6.52. The lowest BCUT2D eigenvalue weighted by molar-refractivity contribution is 0.518. The zero-order valence-electron chi connectivity index (χ0n) is 11.4. The van der Waals surface area contributed by atoms with Crippen LogP contribution in [0.15, 0.2) is 24.5 Å². The summed E-state index contributed by atoms with van der Waals surface area (Å²) in [5.74, 6) is 0. The van der Waals surface area contributed by atoms with Gasteiger partial charge in [0.05, 0.1) is 5.69 Å². The molecule has 0 spiro atoms. The molecule has 0 fully saturated rings.